The van der Waals surface area contributed by atoms with Crippen LogP contribution in [0.1, 0.15) is 49.2 Å². The van der Waals surface area contributed by atoms with Crippen LogP contribution in [0.2, 0.25) is 10.0 Å². The molecule has 0 radical (unpaired) electrons. The Hall–Kier alpha value is -1.03. The van der Waals surface area contributed by atoms with Gasteiger partial charge in [0.25, 0.3) is 0 Å². The van der Waals surface area contributed by atoms with Gasteiger partial charge in [-0.15, -0.1) is 0 Å². The van der Waals surface area contributed by atoms with Crippen LogP contribution in [0.3, 0.4) is 0 Å². The largest absolute Gasteiger partial charge is 0.331 e. The maximum absolute atomic E-state index is 6.40. The van der Waals surface area contributed by atoms with Gasteiger partial charge in [-0.25, -0.2) is 4.98 Å². The van der Waals surface area contributed by atoms with Crippen molar-refractivity contribution in [3.8, 4) is 0 Å². The third kappa shape index (κ3) is 2.90. The number of rotatable bonds is 6. The second-order valence-corrected chi connectivity index (χ2v) is 7.13. The highest BCUT2D eigenvalue weighted by Crippen LogP contribution is 2.45. The van der Waals surface area contributed by atoms with Gasteiger partial charge in [-0.3, -0.25) is 0 Å². The summed E-state index contributed by atoms with van der Waals surface area (Å²) in [5.41, 5.74) is 1.04. The highest BCUT2D eigenvalue weighted by Gasteiger charge is 2.35. The molecule has 0 saturated heterocycles. The minimum atomic E-state index is 0.213. The number of benzene rings is 1. The molecule has 2 saturated carbocycles. The number of nitrogens with zero attached hydrogens (tertiary/aromatic N) is 2. The number of halogens is 2. The molecule has 3 nitrogen and oxygen atoms in total. The average Bonchev–Trinajstić information content (AvgIpc) is 3.41. The summed E-state index contributed by atoms with van der Waals surface area (Å²) in [6.45, 7) is 0.756. The summed E-state index contributed by atoms with van der Waals surface area (Å²) in [6, 6.07) is 6.61. The van der Waals surface area contributed by atoms with Crippen molar-refractivity contribution in [2.75, 3.05) is 0 Å². The van der Waals surface area contributed by atoms with E-state index in [-0.39, 0.29) is 6.04 Å². The fourth-order valence-electron chi connectivity index (χ4n) is 3.11. The first kappa shape index (κ1) is 14.6. The monoisotopic (exact) mass is 335 g/mol. The Morgan fingerprint density at radius 3 is 2.55 bits per heavy atom. The van der Waals surface area contributed by atoms with Gasteiger partial charge in [-0.05, 0) is 43.7 Å². The van der Waals surface area contributed by atoms with Crippen molar-refractivity contribution in [1.82, 2.24) is 14.9 Å². The van der Waals surface area contributed by atoms with Gasteiger partial charge < -0.3 is 9.88 Å². The molecule has 2 aromatic rings. The van der Waals surface area contributed by atoms with E-state index in [1.54, 1.807) is 0 Å². The Bertz CT molecular complexity index is 654. The first-order chi connectivity index (χ1) is 10.7. The molecule has 5 heteroatoms. The molecule has 1 aromatic heterocycles. The summed E-state index contributed by atoms with van der Waals surface area (Å²) in [5.74, 6) is 1.73. The molecule has 4 rings (SSSR count). The van der Waals surface area contributed by atoms with Crippen LogP contribution in [-0.2, 0) is 6.54 Å². The summed E-state index contributed by atoms with van der Waals surface area (Å²) >= 11 is 12.8. The Labute approximate surface area is 140 Å². The number of imidazole rings is 1. The lowest BCUT2D eigenvalue weighted by atomic mass is 10.0. The van der Waals surface area contributed by atoms with Crippen LogP contribution in [0.4, 0.5) is 0 Å². The molecule has 22 heavy (non-hydrogen) atoms. The molecule has 1 heterocycles. The molecule has 0 spiro atoms. The van der Waals surface area contributed by atoms with Gasteiger partial charge in [0.05, 0.1) is 6.54 Å². The van der Waals surface area contributed by atoms with E-state index in [2.05, 4.69) is 21.1 Å². The molecule has 1 unspecified atom stereocenters. The molecule has 2 fully saturated rings. The van der Waals surface area contributed by atoms with Crippen LogP contribution in [0.25, 0.3) is 0 Å². The lowest BCUT2D eigenvalue weighted by Gasteiger charge is -2.21. The highest BCUT2D eigenvalue weighted by atomic mass is 35.5. The van der Waals surface area contributed by atoms with E-state index in [0.29, 0.717) is 12.0 Å². The van der Waals surface area contributed by atoms with E-state index in [1.807, 2.05) is 24.4 Å². The number of hydrogen-bond acceptors (Lipinski definition) is 2. The number of nitrogens with one attached hydrogen (secondary N) is 1. The van der Waals surface area contributed by atoms with Crippen molar-refractivity contribution >= 4 is 23.2 Å². The van der Waals surface area contributed by atoms with Crippen molar-refractivity contribution in [3.63, 3.8) is 0 Å². The van der Waals surface area contributed by atoms with E-state index in [1.165, 1.54) is 25.7 Å². The molecule has 0 aliphatic heterocycles. The quantitative estimate of drug-likeness (QED) is 0.824. The minimum absolute atomic E-state index is 0.213. The molecule has 2 aliphatic carbocycles. The molecule has 0 bridgehead atoms. The van der Waals surface area contributed by atoms with Gasteiger partial charge in [0.15, 0.2) is 0 Å². The predicted octanol–water partition coefficient (Wildman–Crippen LogP) is 4.77. The first-order valence-corrected chi connectivity index (χ1v) is 8.68. The Kier molecular flexibility index (Phi) is 3.89. The summed E-state index contributed by atoms with van der Waals surface area (Å²) < 4.78 is 2.30. The predicted molar refractivity (Wildman–Crippen MR) is 89.3 cm³/mol. The van der Waals surface area contributed by atoms with Crippen molar-refractivity contribution in [1.29, 1.82) is 0 Å². The lowest BCUT2D eigenvalue weighted by Crippen LogP contribution is -2.25. The van der Waals surface area contributed by atoms with E-state index < -0.39 is 0 Å². The smallest absolute Gasteiger partial charge is 0.122 e. The molecular weight excluding hydrogens is 317 g/mol. The molecule has 1 N–H and O–H groups in total. The maximum atomic E-state index is 6.40. The summed E-state index contributed by atoms with van der Waals surface area (Å²) in [7, 11) is 0. The molecule has 1 aromatic carbocycles. The van der Waals surface area contributed by atoms with Crippen molar-refractivity contribution in [3.05, 3.63) is 52.0 Å². The zero-order chi connectivity index (χ0) is 15.1. The number of aromatic nitrogens is 2. The second-order valence-electron chi connectivity index (χ2n) is 6.31. The van der Waals surface area contributed by atoms with Crippen molar-refractivity contribution < 1.29 is 0 Å². The number of hydrogen-bond donors (Lipinski definition) is 1. The van der Waals surface area contributed by atoms with E-state index in [0.717, 1.165) is 28.0 Å². The minimum Gasteiger partial charge on any atom is -0.331 e. The normalized spacial score (nSPS) is 19.4. The Morgan fingerprint density at radius 2 is 1.91 bits per heavy atom. The summed E-state index contributed by atoms with van der Waals surface area (Å²) in [4.78, 5) is 4.50. The van der Waals surface area contributed by atoms with Gasteiger partial charge in [-0.2, -0.15) is 0 Å². The summed E-state index contributed by atoms with van der Waals surface area (Å²) in [6.07, 6.45) is 8.98. The molecule has 2 aliphatic rings. The highest BCUT2D eigenvalue weighted by molar-refractivity contribution is 6.36. The fourth-order valence-corrected chi connectivity index (χ4v) is 3.74. The summed E-state index contributed by atoms with van der Waals surface area (Å²) in [5, 5.41) is 5.16. The lowest BCUT2D eigenvalue weighted by molar-refractivity contribution is 0.463. The third-order valence-corrected chi connectivity index (χ3v) is 5.23. The van der Waals surface area contributed by atoms with Crippen LogP contribution >= 0.6 is 23.2 Å². The molecule has 116 valence electrons. The molecule has 1 atom stereocenters. The van der Waals surface area contributed by atoms with Gasteiger partial charge in [0, 0.05) is 40.1 Å². The maximum Gasteiger partial charge on any atom is 0.122 e. The van der Waals surface area contributed by atoms with Crippen LogP contribution in [-0.4, -0.2) is 9.55 Å². The third-order valence-electron chi connectivity index (χ3n) is 4.57. The SMILES string of the molecule is Clc1cccc(Cl)c1C(NCc1nccn1C1CC1)C1CC1. The van der Waals surface area contributed by atoms with Gasteiger partial charge >= 0.3 is 0 Å². The van der Waals surface area contributed by atoms with Gasteiger partial charge in [-0.1, -0.05) is 29.3 Å². The zero-order valence-corrected chi connectivity index (χ0v) is 13.8. The fraction of sp³-hybridized carbons (Fsp3) is 0.471. The standard InChI is InChI=1S/C17H19Cl2N3/c18-13-2-1-3-14(19)16(13)17(11-4-5-11)21-10-15-20-8-9-22(15)12-6-7-12/h1-3,8-9,11-12,17,21H,4-7,10H2. The zero-order valence-electron chi connectivity index (χ0n) is 12.3. The van der Waals surface area contributed by atoms with Crippen LogP contribution < -0.4 is 5.32 Å². The Morgan fingerprint density at radius 1 is 1.18 bits per heavy atom. The average molecular weight is 336 g/mol. The van der Waals surface area contributed by atoms with Crippen LogP contribution in [0.5, 0.6) is 0 Å². The molecule has 0 amide bonds. The first-order valence-electron chi connectivity index (χ1n) is 7.93. The van der Waals surface area contributed by atoms with Gasteiger partial charge in [0.1, 0.15) is 5.82 Å². The van der Waals surface area contributed by atoms with Gasteiger partial charge in [0.2, 0.25) is 0 Å². The van der Waals surface area contributed by atoms with E-state index in [4.69, 9.17) is 23.2 Å². The molecular formula is C17H19Cl2N3. The van der Waals surface area contributed by atoms with Crippen LogP contribution in [0.15, 0.2) is 30.6 Å². The van der Waals surface area contributed by atoms with Crippen molar-refractivity contribution in [2.24, 2.45) is 5.92 Å². The second kappa shape index (κ2) is 5.88. The van der Waals surface area contributed by atoms with Crippen LogP contribution in [0, 0.1) is 5.92 Å². The van der Waals surface area contributed by atoms with E-state index >= 15 is 0 Å². The topological polar surface area (TPSA) is 29.9 Å². The van der Waals surface area contributed by atoms with Crippen molar-refractivity contribution in [2.45, 2.75) is 44.3 Å². The Balaban J connectivity index is 1.54. The van der Waals surface area contributed by atoms with E-state index in [9.17, 15) is 0 Å².